The van der Waals surface area contributed by atoms with Gasteiger partial charge in [0.05, 0.1) is 12.8 Å². The Morgan fingerprint density at radius 2 is 1.91 bits per heavy atom. The Labute approximate surface area is 203 Å². The summed E-state index contributed by atoms with van der Waals surface area (Å²) in [6, 6.07) is 11.9. The molecule has 1 aliphatic carbocycles. The maximum Gasteiger partial charge on any atom is 0.328 e. The Hall–Kier alpha value is -3.45. The number of rotatable bonds is 6. The van der Waals surface area contributed by atoms with E-state index in [4.69, 9.17) is 27.5 Å². The molecule has 0 aromatic heterocycles. The molecule has 34 heavy (non-hydrogen) atoms. The number of carbonyl (C=O) groups excluding carboxylic acids is 2. The van der Waals surface area contributed by atoms with Gasteiger partial charge in [-0.3, -0.25) is 4.79 Å². The highest BCUT2D eigenvalue weighted by molar-refractivity contribution is 6.30. The smallest absolute Gasteiger partial charge is 0.328 e. The summed E-state index contributed by atoms with van der Waals surface area (Å²) in [7, 11) is 1.22. The van der Waals surface area contributed by atoms with Crippen LogP contribution in [0.15, 0.2) is 65.4 Å². The molecule has 6 nitrogen and oxygen atoms in total. The Morgan fingerprint density at radius 1 is 1.21 bits per heavy atom. The number of nitrogens with two attached hydrogens (primary N) is 1. The number of carbonyl (C=O) groups is 2. The van der Waals surface area contributed by atoms with Gasteiger partial charge in [-0.15, -0.1) is 0 Å². The molecular formula is C26H27ClFN3O3. The van der Waals surface area contributed by atoms with Gasteiger partial charge in [-0.05, 0) is 72.7 Å². The first-order chi connectivity index (χ1) is 16.3. The van der Waals surface area contributed by atoms with E-state index in [0.717, 1.165) is 24.0 Å². The lowest BCUT2D eigenvalue weighted by molar-refractivity contribution is -0.144. The van der Waals surface area contributed by atoms with Gasteiger partial charge in [0.25, 0.3) is 5.91 Å². The minimum absolute atomic E-state index is 0.100. The monoisotopic (exact) mass is 483 g/mol. The molecule has 1 atom stereocenters. The van der Waals surface area contributed by atoms with Gasteiger partial charge in [-0.25, -0.2) is 9.18 Å². The third kappa shape index (κ3) is 6.54. The molecule has 3 rings (SSSR count). The number of ether oxygens (including phenoxy) is 1. The Bertz CT molecular complexity index is 1140. The number of benzene rings is 2. The molecule has 0 bridgehead atoms. The Balaban J connectivity index is 1.84. The fourth-order valence-electron chi connectivity index (χ4n) is 3.84. The average Bonchev–Trinajstić information content (AvgIpc) is 3.00. The fourth-order valence-corrected chi connectivity index (χ4v) is 4.04. The number of nitrogens with one attached hydrogen (secondary N) is 2. The molecule has 4 N–H and O–H groups in total. The minimum atomic E-state index is -1.01. The summed E-state index contributed by atoms with van der Waals surface area (Å²) in [6.45, 7) is 0. The van der Waals surface area contributed by atoms with Crippen LogP contribution in [0.2, 0.25) is 5.02 Å². The zero-order chi connectivity index (χ0) is 24.7. The zero-order valence-corrected chi connectivity index (χ0v) is 19.6. The number of methoxy groups -OCH3 is 1. The van der Waals surface area contributed by atoms with Crippen molar-refractivity contribution in [3.8, 4) is 0 Å². The maximum atomic E-state index is 13.2. The maximum absolute atomic E-state index is 13.2. The van der Waals surface area contributed by atoms with Crippen LogP contribution in [0, 0.1) is 11.2 Å². The van der Waals surface area contributed by atoms with Crippen LogP contribution >= 0.6 is 11.6 Å². The normalized spacial score (nSPS) is 17.6. The van der Waals surface area contributed by atoms with Gasteiger partial charge in [-0.1, -0.05) is 35.9 Å². The van der Waals surface area contributed by atoms with Crippen molar-refractivity contribution in [3.63, 3.8) is 0 Å². The SMILES string of the molecule is COC(=O)[C@@H](Cc1ccc(F)cc1)NC(=O)/C(N)=C1\CCCC/C(=C\c2cccc(Cl)c2)C1=N. The molecule has 0 radical (unpaired) electrons. The number of allylic oxidation sites excluding steroid dienone is 2. The van der Waals surface area contributed by atoms with Crippen molar-refractivity contribution in [1.82, 2.24) is 5.32 Å². The Kier molecular flexibility index (Phi) is 8.60. The van der Waals surface area contributed by atoms with Crippen molar-refractivity contribution in [2.75, 3.05) is 7.11 Å². The van der Waals surface area contributed by atoms with Crippen molar-refractivity contribution < 1.29 is 18.7 Å². The van der Waals surface area contributed by atoms with Crippen LogP contribution in [0.4, 0.5) is 4.39 Å². The lowest BCUT2D eigenvalue weighted by Crippen LogP contribution is -2.45. The first-order valence-corrected chi connectivity index (χ1v) is 11.3. The molecule has 0 heterocycles. The van der Waals surface area contributed by atoms with Crippen molar-refractivity contribution in [3.05, 3.63) is 87.3 Å². The van der Waals surface area contributed by atoms with Crippen molar-refractivity contribution in [2.45, 2.75) is 38.1 Å². The molecule has 1 amide bonds. The molecule has 1 fully saturated rings. The third-order valence-corrected chi connectivity index (χ3v) is 5.88. The van der Waals surface area contributed by atoms with Crippen LogP contribution in [0.5, 0.6) is 0 Å². The van der Waals surface area contributed by atoms with Gasteiger partial charge < -0.3 is 21.2 Å². The topological polar surface area (TPSA) is 105 Å². The highest BCUT2D eigenvalue weighted by Gasteiger charge is 2.26. The van der Waals surface area contributed by atoms with E-state index in [1.54, 1.807) is 6.07 Å². The molecule has 0 spiro atoms. The summed E-state index contributed by atoms with van der Waals surface area (Å²) < 4.78 is 18.0. The van der Waals surface area contributed by atoms with Crippen LogP contribution in [0.3, 0.4) is 0 Å². The van der Waals surface area contributed by atoms with Crippen LogP contribution in [-0.4, -0.2) is 30.7 Å². The molecule has 1 saturated carbocycles. The van der Waals surface area contributed by atoms with E-state index in [-0.39, 0.29) is 17.8 Å². The van der Waals surface area contributed by atoms with Crippen molar-refractivity contribution in [1.29, 1.82) is 5.41 Å². The molecule has 0 saturated heterocycles. The van der Waals surface area contributed by atoms with Gasteiger partial charge >= 0.3 is 5.97 Å². The highest BCUT2D eigenvalue weighted by atomic mass is 35.5. The van der Waals surface area contributed by atoms with Crippen molar-refractivity contribution in [2.24, 2.45) is 5.73 Å². The van der Waals surface area contributed by atoms with E-state index >= 15 is 0 Å². The van der Waals surface area contributed by atoms with Gasteiger partial charge in [0, 0.05) is 17.0 Å². The standard InChI is InChI=1S/C26H27ClFN3O3/c1-34-26(33)22(15-16-9-11-20(28)12-10-16)31-25(32)24(30)21-8-3-2-6-18(23(21)29)13-17-5-4-7-19(27)14-17/h4-5,7,9-14,22,29H,2-3,6,8,15,30H2,1H3,(H,31,32)/b18-13+,24-21-,29-23?/t22-/m1/s1. The second-order valence-electron chi connectivity index (χ2n) is 8.08. The minimum Gasteiger partial charge on any atom is -0.467 e. The molecule has 8 heteroatoms. The van der Waals surface area contributed by atoms with E-state index in [2.05, 4.69) is 5.32 Å². The van der Waals surface area contributed by atoms with E-state index in [9.17, 15) is 14.0 Å². The largest absolute Gasteiger partial charge is 0.467 e. The highest BCUT2D eigenvalue weighted by Crippen LogP contribution is 2.27. The lowest BCUT2D eigenvalue weighted by atomic mass is 9.97. The summed E-state index contributed by atoms with van der Waals surface area (Å²) in [5.41, 5.74) is 9.03. The predicted octanol–water partition coefficient (Wildman–Crippen LogP) is 4.57. The second-order valence-corrected chi connectivity index (χ2v) is 8.52. The van der Waals surface area contributed by atoms with Gasteiger partial charge in [0.1, 0.15) is 17.6 Å². The van der Waals surface area contributed by atoms with Gasteiger partial charge in [-0.2, -0.15) is 0 Å². The summed E-state index contributed by atoms with van der Waals surface area (Å²) in [5, 5.41) is 11.9. The van der Waals surface area contributed by atoms with E-state index in [1.165, 1.54) is 31.4 Å². The number of hydrogen-bond acceptors (Lipinski definition) is 5. The average molecular weight is 484 g/mol. The summed E-state index contributed by atoms with van der Waals surface area (Å²) in [6.07, 6.45) is 4.78. The summed E-state index contributed by atoms with van der Waals surface area (Å²) >= 11 is 6.08. The van der Waals surface area contributed by atoms with Crippen LogP contribution in [0.25, 0.3) is 6.08 Å². The number of amides is 1. The van der Waals surface area contributed by atoms with Crippen molar-refractivity contribution >= 4 is 35.3 Å². The lowest BCUT2D eigenvalue weighted by Gasteiger charge is -2.18. The Morgan fingerprint density at radius 3 is 2.59 bits per heavy atom. The van der Waals surface area contributed by atoms with Crippen LogP contribution < -0.4 is 11.1 Å². The number of halogens is 2. The summed E-state index contributed by atoms with van der Waals surface area (Å²) in [4.78, 5) is 25.3. The zero-order valence-electron chi connectivity index (χ0n) is 18.9. The van der Waals surface area contributed by atoms with Crippen LogP contribution in [0.1, 0.15) is 36.8 Å². The number of esters is 1. The van der Waals surface area contributed by atoms with E-state index in [0.29, 0.717) is 29.0 Å². The molecule has 178 valence electrons. The first-order valence-electron chi connectivity index (χ1n) is 11.0. The molecular weight excluding hydrogens is 457 g/mol. The van der Waals surface area contributed by atoms with E-state index in [1.807, 2.05) is 24.3 Å². The molecule has 0 unspecified atom stereocenters. The summed E-state index contributed by atoms with van der Waals surface area (Å²) in [5.74, 6) is -1.70. The van der Waals surface area contributed by atoms with Crippen LogP contribution in [-0.2, 0) is 20.7 Å². The quantitative estimate of drug-likeness (QED) is 0.318. The molecule has 2 aromatic carbocycles. The predicted molar refractivity (Wildman–Crippen MR) is 131 cm³/mol. The number of hydrogen-bond donors (Lipinski definition) is 3. The van der Waals surface area contributed by atoms with E-state index < -0.39 is 23.7 Å². The third-order valence-electron chi connectivity index (χ3n) is 5.65. The molecule has 0 aliphatic heterocycles. The van der Waals surface area contributed by atoms with Gasteiger partial charge in [0.15, 0.2) is 0 Å². The fraction of sp³-hybridized carbons (Fsp3) is 0.269. The second kappa shape index (κ2) is 11.6. The first kappa shape index (κ1) is 25.2. The van der Waals surface area contributed by atoms with Gasteiger partial charge in [0.2, 0.25) is 0 Å². The molecule has 2 aromatic rings. The molecule has 1 aliphatic rings.